The second-order valence-electron chi connectivity index (χ2n) is 6.72. The number of nitrogens with one attached hydrogen (secondary N) is 1. The molecule has 1 fully saturated rings. The molecular formula is C20H28ClN3O3S. The Labute approximate surface area is 173 Å². The van der Waals surface area contributed by atoms with Crippen LogP contribution in [0.5, 0.6) is 5.75 Å². The van der Waals surface area contributed by atoms with Gasteiger partial charge in [-0.3, -0.25) is 4.90 Å². The van der Waals surface area contributed by atoms with Crippen molar-refractivity contribution in [3.63, 3.8) is 0 Å². The van der Waals surface area contributed by atoms with Crippen molar-refractivity contribution in [2.75, 3.05) is 32.8 Å². The van der Waals surface area contributed by atoms with Crippen LogP contribution in [0.3, 0.4) is 0 Å². The summed E-state index contributed by atoms with van der Waals surface area (Å²) in [5, 5.41) is 8.58. The van der Waals surface area contributed by atoms with Crippen molar-refractivity contribution in [2.24, 2.45) is 5.14 Å². The molecule has 8 heteroatoms. The van der Waals surface area contributed by atoms with Gasteiger partial charge in [-0.05, 0) is 41.8 Å². The molecule has 0 bridgehead atoms. The molecule has 0 saturated carbocycles. The Bertz CT molecular complexity index is 842. The van der Waals surface area contributed by atoms with Crippen LogP contribution < -0.4 is 15.2 Å². The average Bonchev–Trinajstić information content (AvgIpc) is 2.68. The summed E-state index contributed by atoms with van der Waals surface area (Å²) in [4.78, 5) is 2.52. The van der Waals surface area contributed by atoms with E-state index in [0.717, 1.165) is 32.6 Å². The zero-order valence-corrected chi connectivity index (χ0v) is 17.6. The molecule has 28 heavy (non-hydrogen) atoms. The van der Waals surface area contributed by atoms with Gasteiger partial charge >= 0.3 is 0 Å². The molecule has 0 radical (unpaired) electrons. The lowest BCUT2D eigenvalue weighted by molar-refractivity contribution is 0.134. The maximum absolute atomic E-state index is 11.3. The van der Waals surface area contributed by atoms with E-state index >= 15 is 0 Å². The number of ether oxygens (including phenoxy) is 1. The van der Waals surface area contributed by atoms with E-state index < -0.39 is 10.0 Å². The first kappa shape index (κ1) is 22.6. The molecule has 3 rings (SSSR count). The number of halogens is 1. The minimum atomic E-state index is -3.67. The quantitative estimate of drug-likeness (QED) is 0.711. The van der Waals surface area contributed by atoms with Gasteiger partial charge in [0.1, 0.15) is 12.4 Å². The van der Waals surface area contributed by atoms with Crippen molar-refractivity contribution >= 4 is 22.4 Å². The van der Waals surface area contributed by atoms with Crippen LogP contribution in [0.25, 0.3) is 0 Å². The van der Waals surface area contributed by atoms with E-state index in [0.29, 0.717) is 18.4 Å². The molecule has 2 aromatic carbocycles. The van der Waals surface area contributed by atoms with Gasteiger partial charge in [-0.2, -0.15) is 0 Å². The minimum absolute atomic E-state index is 0. The summed E-state index contributed by atoms with van der Waals surface area (Å²) < 4.78 is 28.4. The first-order valence-electron chi connectivity index (χ1n) is 9.26. The van der Waals surface area contributed by atoms with E-state index in [9.17, 15) is 8.42 Å². The first-order chi connectivity index (χ1) is 13.0. The van der Waals surface area contributed by atoms with Gasteiger partial charge in [0.15, 0.2) is 0 Å². The Morgan fingerprint density at radius 3 is 2.43 bits per heavy atom. The molecule has 1 aliphatic heterocycles. The number of sulfonamides is 1. The second-order valence-corrected chi connectivity index (χ2v) is 8.28. The summed E-state index contributed by atoms with van der Waals surface area (Å²) in [6.07, 6.45) is 1.05. The zero-order chi connectivity index (χ0) is 19.3. The number of hydrogen-bond acceptors (Lipinski definition) is 5. The van der Waals surface area contributed by atoms with E-state index in [-0.39, 0.29) is 17.3 Å². The molecule has 0 amide bonds. The molecule has 0 aromatic heterocycles. The molecule has 3 N–H and O–H groups in total. The molecule has 1 unspecified atom stereocenters. The van der Waals surface area contributed by atoms with E-state index in [1.165, 1.54) is 23.3 Å². The van der Waals surface area contributed by atoms with Crippen LogP contribution in [-0.2, 0) is 16.4 Å². The molecule has 1 heterocycles. The van der Waals surface area contributed by atoms with Crippen LogP contribution in [0.4, 0.5) is 0 Å². The molecule has 1 saturated heterocycles. The van der Waals surface area contributed by atoms with Gasteiger partial charge in [0.05, 0.1) is 4.90 Å². The maximum atomic E-state index is 11.3. The van der Waals surface area contributed by atoms with E-state index in [1.54, 1.807) is 12.1 Å². The van der Waals surface area contributed by atoms with Crippen LogP contribution in [-0.4, -0.2) is 46.1 Å². The normalized spacial score (nSPS) is 17.7. The lowest BCUT2D eigenvalue weighted by atomic mass is 10.0. The van der Waals surface area contributed by atoms with E-state index in [1.807, 2.05) is 0 Å². The Balaban J connectivity index is 0.00000280. The highest BCUT2D eigenvalue weighted by Gasteiger charge is 2.23. The van der Waals surface area contributed by atoms with Crippen molar-refractivity contribution in [1.82, 2.24) is 10.2 Å². The average molecular weight is 426 g/mol. The Kier molecular flexibility index (Phi) is 8.27. The second kappa shape index (κ2) is 10.2. The summed E-state index contributed by atoms with van der Waals surface area (Å²) in [6, 6.07) is 15.4. The number of hydrogen-bond donors (Lipinski definition) is 2. The third kappa shape index (κ3) is 5.93. The molecule has 0 aliphatic carbocycles. The fourth-order valence-corrected chi connectivity index (χ4v) is 3.84. The summed E-state index contributed by atoms with van der Waals surface area (Å²) >= 11 is 0. The highest BCUT2D eigenvalue weighted by atomic mass is 35.5. The highest BCUT2D eigenvalue weighted by Crippen LogP contribution is 2.23. The summed E-state index contributed by atoms with van der Waals surface area (Å²) in [6.45, 7) is 6.36. The number of piperazine rings is 1. The number of aryl methyl sites for hydroxylation is 1. The van der Waals surface area contributed by atoms with Gasteiger partial charge in [0.25, 0.3) is 0 Å². The van der Waals surface area contributed by atoms with Crippen LogP contribution in [0.1, 0.15) is 24.1 Å². The predicted octanol–water partition coefficient (Wildman–Crippen LogP) is 2.34. The lowest BCUT2D eigenvalue weighted by Gasteiger charge is -2.36. The van der Waals surface area contributed by atoms with Crippen molar-refractivity contribution in [1.29, 1.82) is 0 Å². The number of rotatable bonds is 7. The SMILES string of the molecule is CCc1ccc(C2CNCCN2CCOc2ccc(S(N)(=O)=O)cc2)cc1.Cl. The summed E-state index contributed by atoms with van der Waals surface area (Å²) in [5.41, 5.74) is 2.66. The Morgan fingerprint density at radius 1 is 1.14 bits per heavy atom. The van der Waals surface area contributed by atoms with Gasteiger partial charge < -0.3 is 10.1 Å². The molecule has 1 aliphatic rings. The molecular weight excluding hydrogens is 398 g/mol. The third-order valence-corrected chi connectivity index (χ3v) is 5.86. The molecule has 0 spiro atoms. The highest BCUT2D eigenvalue weighted by molar-refractivity contribution is 7.89. The third-order valence-electron chi connectivity index (χ3n) is 4.93. The lowest BCUT2D eigenvalue weighted by Crippen LogP contribution is -2.47. The topological polar surface area (TPSA) is 84.7 Å². The summed E-state index contributed by atoms with van der Waals surface area (Å²) in [7, 11) is -3.67. The maximum Gasteiger partial charge on any atom is 0.238 e. The monoisotopic (exact) mass is 425 g/mol. The number of nitrogens with two attached hydrogens (primary N) is 1. The predicted molar refractivity (Wildman–Crippen MR) is 114 cm³/mol. The minimum Gasteiger partial charge on any atom is -0.492 e. The molecule has 2 aromatic rings. The largest absolute Gasteiger partial charge is 0.492 e. The van der Waals surface area contributed by atoms with Gasteiger partial charge in [-0.25, -0.2) is 13.6 Å². The van der Waals surface area contributed by atoms with Crippen molar-refractivity contribution in [3.8, 4) is 5.75 Å². The standard InChI is InChI=1S/C20H27N3O3S.ClH/c1-2-16-3-5-17(6-4-16)20-15-22-11-12-23(20)13-14-26-18-7-9-19(10-8-18)27(21,24)25;/h3-10,20,22H,2,11-15H2,1H3,(H2,21,24,25);1H. The number of primary sulfonamides is 1. The first-order valence-corrected chi connectivity index (χ1v) is 10.8. The fourth-order valence-electron chi connectivity index (χ4n) is 3.32. The van der Waals surface area contributed by atoms with Crippen LogP contribution >= 0.6 is 12.4 Å². The van der Waals surface area contributed by atoms with Crippen molar-refractivity contribution in [3.05, 3.63) is 59.7 Å². The van der Waals surface area contributed by atoms with Gasteiger partial charge in [0, 0.05) is 32.2 Å². The van der Waals surface area contributed by atoms with Crippen LogP contribution in [0.15, 0.2) is 53.4 Å². The van der Waals surface area contributed by atoms with Gasteiger partial charge in [-0.1, -0.05) is 31.2 Å². The molecule has 1 atom stereocenters. The van der Waals surface area contributed by atoms with E-state index in [2.05, 4.69) is 41.4 Å². The van der Waals surface area contributed by atoms with Crippen LogP contribution in [0, 0.1) is 0 Å². The van der Waals surface area contributed by atoms with Gasteiger partial charge in [-0.15, -0.1) is 12.4 Å². The zero-order valence-electron chi connectivity index (χ0n) is 16.0. The Hall–Kier alpha value is -1.64. The molecule has 154 valence electrons. The van der Waals surface area contributed by atoms with Crippen LogP contribution in [0.2, 0.25) is 0 Å². The fraction of sp³-hybridized carbons (Fsp3) is 0.400. The number of benzene rings is 2. The summed E-state index contributed by atoms with van der Waals surface area (Å²) in [5.74, 6) is 0.640. The number of nitrogens with zero attached hydrogens (tertiary/aromatic N) is 1. The Morgan fingerprint density at radius 2 is 1.82 bits per heavy atom. The van der Waals surface area contributed by atoms with Crippen molar-refractivity contribution < 1.29 is 13.2 Å². The van der Waals surface area contributed by atoms with Gasteiger partial charge in [0.2, 0.25) is 10.0 Å². The van der Waals surface area contributed by atoms with E-state index in [4.69, 9.17) is 9.88 Å². The van der Waals surface area contributed by atoms with Crippen molar-refractivity contribution in [2.45, 2.75) is 24.3 Å². The molecule has 6 nitrogen and oxygen atoms in total. The smallest absolute Gasteiger partial charge is 0.238 e.